The van der Waals surface area contributed by atoms with Crippen molar-refractivity contribution in [1.29, 1.82) is 0 Å². The third kappa shape index (κ3) is 7.27. The predicted octanol–water partition coefficient (Wildman–Crippen LogP) is 2.32. The molecule has 1 saturated heterocycles. The van der Waals surface area contributed by atoms with E-state index in [2.05, 4.69) is 22.1 Å². The summed E-state index contributed by atoms with van der Waals surface area (Å²) in [7, 11) is -3.80. The van der Waals surface area contributed by atoms with Gasteiger partial charge in [0.25, 0.3) is 11.1 Å². The Kier molecular flexibility index (Phi) is 9.64. The molecule has 12 nitrogen and oxygen atoms in total. The lowest BCUT2D eigenvalue weighted by molar-refractivity contribution is 0.0499. The number of nitrogens with zero attached hydrogens (tertiary/aromatic N) is 5. The summed E-state index contributed by atoms with van der Waals surface area (Å²) in [4.78, 5) is 46.5. The van der Waals surface area contributed by atoms with Crippen molar-refractivity contribution in [3.05, 3.63) is 51.0 Å². The molecule has 1 unspecified atom stereocenters. The van der Waals surface area contributed by atoms with Crippen molar-refractivity contribution in [1.82, 2.24) is 24.2 Å². The molecule has 1 amide bonds. The van der Waals surface area contributed by atoms with Crippen molar-refractivity contribution in [2.75, 3.05) is 30.4 Å². The number of alkyl carbamates (subject to hydrolysis) is 1. The number of imidazole rings is 1. The van der Waals surface area contributed by atoms with Crippen LogP contribution < -0.4 is 21.3 Å². The first kappa shape index (κ1) is 31.8. The van der Waals surface area contributed by atoms with Crippen molar-refractivity contribution in [3.63, 3.8) is 0 Å². The van der Waals surface area contributed by atoms with E-state index >= 15 is 0 Å². The summed E-state index contributed by atoms with van der Waals surface area (Å²) in [5.41, 5.74) is -2.25. The molecule has 1 aromatic carbocycles. The summed E-state index contributed by atoms with van der Waals surface area (Å²) in [6.45, 7) is 6.11. The Bertz CT molecular complexity index is 1760. The van der Waals surface area contributed by atoms with Crippen LogP contribution in [0.1, 0.15) is 40.5 Å². The number of aromatic nitrogens is 4. The zero-order valence-electron chi connectivity index (χ0n) is 24.8. The van der Waals surface area contributed by atoms with Crippen LogP contribution in [0.25, 0.3) is 11.0 Å². The number of carbonyl (C=O) groups excluding carboxylic acids is 1. The Labute approximate surface area is 249 Å². The fourth-order valence-electron chi connectivity index (χ4n) is 5.05. The maximum Gasteiger partial charge on any atom is 0.407 e. The maximum atomic E-state index is 13.9. The van der Waals surface area contributed by atoms with Gasteiger partial charge >= 0.3 is 6.09 Å². The lowest BCUT2D eigenvalue weighted by Gasteiger charge is -2.34. The second-order valence-corrected chi connectivity index (χ2v) is 13.3. The van der Waals surface area contributed by atoms with Crippen molar-refractivity contribution >= 4 is 32.9 Å². The van der Waals surface area contributed by atoms with Gasteiger partial charge in [0.1, 0.15) is 17.8 Å². The highest BCUT2D eigenvalue weighted by Crippen LogP contribution is 2.23. The molecular weight excluding hydrogens is 579 g/mol. The minimum Gasteiger partial charge on any atom is -0.444 e. The number of nitrogens with one attached hydrogen (secondary N) is 1. The number of halogens is 1. The molecule has 1 atom stereocenters. The molecule has 43 heavy (non-hydrogen) atoms. The Balaban J connectivity index is 1.76. The van der Waals surface area contributed by atoms with E-state index in [9.17, 15) is 27.2 Å². The Morgan fingerprint density at radius 1 is 1.14 bits per heavy atom. The average molecular weight is 617 g/mol. The molecule has 1 fully saturated rings. The SMILES string of the molecule is CC#CCn1c(N2CCCC(NC(=O)OC(C)(C)C)C2)nc2c(=O)n(CCF)n(CCS(=O)(=O)c3ccccc3)c(=O)c21. The molecule has 0 saturated carbocycles. The van der Waals surface area contributed by atoms with Crippen LogP contribution in [0.4, 0.5) is 15.1 Å². The minimum atomic E-state index is -3.80. The van der Waals surface area contributed by atoms with Crippen LogP contribution in [0, 0.1) is 11.8 Å². The summed E-state index contributed by atoms with van der Waals surface area (Å²) in [5.74, 6) is 5.54. The monoisotopic (exact) mass is 616 g/mol. The Morgan fingerprint density at radius 2 is 1.84 bits per heavy atom. The van der Waals surface area contributed by atoms with E-state index in [4.69, 9.17) is 4.74 Å². The van der Waals surface area contributed by atoms with Crippen molar-refractivity contribution < 1.29 is 22.3 Å². The highest BCUT2D eigenvalue weighted by atomic mass is 32.2. The summed E-state index contributed by atoms with van der Waals surface area (Å²) < 4.78 is 48.4. The van der Waals surface area contributed by atoms with Gasteiger partial charge in [-0.1, -0.05) is 24.1 Å². The minimum absolute atomic E-state index is 0.0348. The van der Waals surface area contributed by atoms with E-state index in [1.807, 2.05) is 4.90 Å². The number of anilines is 1. The average Bonchev–Trinajstić information content (AvgIpc) is 3.34. The Hall–Kier alpha value is -4.12. The first-order valence-corrected chi connectivity index (χ1v) is 15.7. The number of hydrogen-bond acceptors (Lipinski definition) is 8. The maximum absolute atomic E-state index is 13.9. The summed E-state index contributed by atoms with van der Waals surface area (Å²) in [6.07, 6.45) is 0.834. The van der Waals surface area contributed by atoms with Crippen LogP contribution in [-0.4, -0.2) is 70.6 Å². The van der Waals surface area contributed by atoms with Gasteiger partial charge in [-0.3, -0.25) is 14.2 Å². The zero-order valence-corrected chi connectivity index (χ0v) is 25.6. The molecule has 3 heterocycles. The fourth-order valence-corrected chi connectivity index (χ4v) is 6.27. The van der Waals surface area contributed by atoms with Crippen LogP contribution in [-0.2, 0) is 34.2 Å². The number of piperidine rings is 1. The summed E-state index contributed by atoms with van der Waals surface area (Å²) in [6, 6.07) is 7.48. The molecule has 0 radical (unpaired) electrons. The molecule has 0 spiro atoms. The van der Waals surface area contributed by atoms with Gasteiger partial charge in [0, 0.05) is 19.1 Å². The Morgan fingerprint density at radius 3 is 2.49 bits per heavy atom. The van der Waals surface area contributed by atoms with E-state index in [-0.39, 0.29) is 35.1 Å². The normalized spacial score (nSPS) is 15.7. The quantitative estimate of drug-likeness (QED) is 0.362. The number of alkyl halides is 1. The van der Waals surface area contributed by atoms with E-state index in [1.54, 1.807) is 45.9 Å². The van der Waals surface area contributed by atoms with Crippen LogP contribution in [0.3, 0.4) is 0 Å². The number of hydrogen-bond donors (Lipinski definition) is 1. The lowest BCUT2D eigenvalue weighted by atomic mass is 10.1. The lowest BCUT2D eigenvalue weighted by Crippen LogP contribution is -2.49. The predicted molar refractivity (Wildman–Crippen MR) is 161 cm³/mol. The molecule has 0 aliphatic carbocycles. The summed E-state index contributed by atoms with van der Waals surface area (Å²) >= 11 is 0. The third-order valence-corrected chi connectivity index (χ3v) is 8.63. The number of benzene rings is 1. The molecule has 3 aromatic rings. The van der Waals surface area contributed by atoms with Gasteiger partial charge in [-0.2, -0.15) is 0 Å². The molecule has 14 heteroatoms. The fraction of sp³-hybridized carbons (Fsp3) is 0.517. The molecule has 2 aromatic heterocycles. The number of sulfone groups is 1. The highest BCUT2D eigenvalue weighted by molar-refractivity contribution is 7.91. The summed E-state index contributed by atoms with van der Waals surface area (Å²) in [5, 5.41) is 2.88. The number of fused-ring (bicyclic) bond motifs is 1. The number of ether oxygens (including phenoxy) is 1. The zero-order chi connectivity index (χ0) is 31.4. The third-order valence-electron chi connectivity index (χ3n) is 6.92. The number of rotatable bonds is 9. The van der Waals surface area contributed by atoms with E-state index < -0.39 is 51.6 Å². The van der Waals surface area contributed by atoms with Crippen LogP contribution in [0.5, 0.6) is 0 Å². The molecule has 4 rings (SSSR count). The van der Waals surface area contributed by atoms with Crippen LogP contribution in [0.15, 0.2) is 44.8 Å². The van der Waals surface area contributed by atoms with Gasteiger partial charge in [0.2, 0.25) is 5.95 Å². The topological polar surface area (TPSA) is 138 Å². The van der Waals surface area contributed by atoms with E-state index in [0.717, 1.165) is 9.36 Å². The van der Waals surface area contributed by atoms with E-state index in [0.29, 0.717) is 31.9 Å². The van der Waals surface area contributed by atoms with Crippen LogP contribution in [0.2, 0.25) is 0 Å². The standard InChI is InChI=1S/C29H37FN6O6S/c1-5-6-16-34-24-23(32-27(34)33-15-10-11-21(20-33)31-28(39)42-29(2,3)4)25(37)35(17-14-30)36(26(24)38)18-19-43(40,41)22-12-8-7-9-13-22/h7-9,12-13,21H,10-11,14-20H2,1-4H3,(H,31,39). The molecule has 1 N–H and O–H groups in total. The second-order valence-electron chi connectivity index (χ2n) is 11.2. The first-order valence-electron chi connectivity index (χ1n) is 14.1. The second kappa shape index (κ2) is 13.0. The molecule has 1 aliphatic rings. The highest BCUT2D eigenvalue weighted by Gasteiger charge is 2.29. The molecule has 1 aliphatic heterocycles. The smallest absolute Gasteiger partial charge is 0.407 e. The molecular formula is C29H37FN6O6S. The van der Waals surface area contributed by atoms with E-state index in [1.165, 1.54) is 16.7 Å². The van der Waals surface area contributed by atoms with Crippen LogP contribution >= 0.6 is 0 Å². The van der Waals surface area contributed by atoms with Gasteiger partial charge in [-0.15, -0.1) is 5.92 Å². The van der Waals surface area contributed by atoms with Crippen molar-refractivity contribution in [3.8, 4) is 11.8 Å². The number of amides is 1. The van der Waals surface area contributed by atoms with Gasteiger partial charge in [0.05, 0.1) is 30.3 Å². The van der Waals surface area contributed by atoms with Gasteiger partial charge < -0.3 is 15.0 Å². The molecule has 232 valence electrons. The van der Waals surface area contributed by atoms with Crippen molar-refractivity contribution in [2.45, 2.75) is 76.7 Å². The first-order chi connectivity index (χ1) is 20.4. The van der Waals surface area contributed by atoms with Gasteiger partial charge in [0.15, 0.2) is 15.4 Å². The number of carbonyl (C=O) groups is 1. The van der Waals surface area contributed by atoms with Crippen molar-refractivity contribution in [2.24, 2.45) is 0 Å². The molecule has 0 bridgehead atoms. The van der Waals surface area contributed by atoms with Gasteiger partial charge in [-0.25, -0.2) is 32.0 Å². The van der Waals surface area contributed by atoms with Gasteiger partial charge in [-0.05, 0) is 52.7 Å². The largest absolute Gasteiger partial charge is 0.444 e.